The highest BCUT2D eigenvalue weighted by Crippen LogP contribution is 2.27. The van der Waals surface area contributed by atoms with E-state index in [4.69, 9.17) is 5.11 Å². The topological polar surface area (TPSA) is 96.3 Å². The van der Waals surface area contributed by atoms with E-state index in [1.807, 2.05) is 31.2 Å². The molecule has 0 radical (unpaired) electrons. The minimum Gasteiger partial charge on any atom is -0.394 e. The molecule has 0 spiro atoms. The minimum atomic E-state index is -0.348. The number of aliphatic hydroxyl groups is 1. The third-order valence-electron chi connectivity index (χ3n) is 5.00. The molecule has 1 aromatic carbocycles. The molecule has 1 aromatic heterocycles. The lowest BCUT2D eigenvalue weighted by Crippen LogP contribution is -2.20. The molecule has 2 rings (SSSR count). The number of aliphatic hydroxyl groups excluding tert-OH is 1. The van der Waals surface area contributed by atoms with Gasteiger partial charge in [0, 0.05) is 30.3 Å². The molecule has 0 aliphatic rings. The Morgan fingerprint density at radius 3 is 2.53 bits per heavy atom. The second-order valence-electron chi connectivity index (χ2n) is 7.42. The summed E-state index contributed by atoms with van der Waals surface area (Å²) in [5, 5.41) is 18.6. The number of nitrogens with zero attached hydrogens (tertiary/aromatic N) is 2. The first-order chi connectivity index (χ1) is 15.4. The molecule has 32 heavy (non-hydrogen) atoms. The van der Waals surface area contributed by atoms with Gasteiger partial charge in [-0.15, -0.1) is 0 Å². The maximum absolute atomic E-state index is 13.2. The molecule has 170 valence electrons. The third-order valence-corrected chi connectivity index (χ3v) is 5.00. The minimum absolute atomic E-state index is 0.0448. The van der Waals surface area contributed by atoms with Gasteiger partial charge in [0.25, 0.3) is 5.91 Å². The number of nitrogens with one attached hydrogen (secondary N) is 2. The van der Waals surface area contributed by atoms with Crippen molar-refractivity contribution in [2.24, 2.45) is 0 Å². The van der Waals surface area contributed by atoms with Crippen LogP contribution in [0.5, 0.6) is 0 Å². The van der Waals surface area contributed by atoms with E-state index in [1.165, 1.54) is 6.20 Å². The number of aromatic nitrogens is 2. The van der Waals surface area contributed by atoms with Crippen LogP contribution in [0.4, 0.5) is 5.69 Å². The number of anilines is 1. The van der Waals surface area contributed by atoms with Gasteiger partial charge in [-0.05, 0) is 36.6 Å². The fourth-order valence-corrected chi connectivity index (χ4v) is 3.23. The summed E-state index contributed by atoms with van der Waals surface area (Å²) in [6, 6.07) is 10.1. The SMILES string of the molecule is CC/C=C(/C=C(\C=C(/C)C(=O)NC)C(=O)Nc1cnn(CCO)c1)C(C)c1ccccc1. The number of likely N-dealkylation sites (N-methyl/N-ethyl adjacent to an activating group) is 1. The van der Waals surface area contributed by atoms with Gasteiger partial charge < -0.3 is 15.7 Å². The summed E-state index contributed by atoms with van der Waals surface area (Å²) in [5.41, 5.74) is 3.43. The van der Waals surface area contributed by atoms with E-state index in [1.54, 1.807) is 30.9 Å². The first-order valence-corrected chi connectivity index (χ1v) is 10.7. The van der Waals surface area contributed by atoms with E-state index >= 15 is 0 Å². The monoisotopic (exact) mass is 436 g/mol. The van der Waals surface area contributed by atoms with Crippen LogP contribution in [0.1, 0.15) is 38.7 Å². The molecule has 1 atom stereocenters. The predicted octanol–water partition coefficient (Wildman–Crippen LogP) is 3.57. The zero-order chi connectivity index (χ0) is 23.5. The van der Waals surface area contributed by atoms with Crippen molar-refractivity contribution < 1.29 is 14.7 Å². The molecule has 3 N–H and O–H groups in total. The van der Waals surface area contributed by atoms with Crippen LogP contribution in [-0.4, -0.2) is 40.4 Å². The Kier molecular flexibility index (Phi) is 9.63. The van der Waals surface area contributed by atoms with Gasteiger partial charge in [-0.1, -0.05) is 50.3 Å². The molecule has 2 aromatic rings. The molecule has 0 saturated carbocycles. The molecule has 7 nitrogen and oxygen atoms in total. The molecule has 0 aliphatic heterocycles. The molecule has 0 aliphatic carbocycles. The van der Waals surface area contributed by atoms with E-state index in [9.17, 15) is 9.59 Å². The zero-order valence-electron chi connectivity index (χ0n) is 19.1. The second kappa shape index (κ2) is 12.4. The van der Waals surface area contributed by atoms with Crippen molar-refractivity contribution in [1.82, 2.24) is 15.1 Å². The van der Waals surface area contributed by atoms with Crippen molar-refractivity contribution in [1.29, 1.82) is 0 Å². The van der Waals surface area contributed by atoms with Gasteiger partial charge in [-0.3, -0.25) is 14.3 Å². The summed E-state index contributed by atoms with van der Waals surface area (Å²) in [6.07, 6.45) is 9.50. The van der Waals surface area contributed by atoms with Crippen molar-refractivity contribution in [2.45, 2.75) is 39.7 Å². The zero-order valence-corrected chi connectivity index (χ0v) is 19.1. The van der Waals surface area contributed by atoms with E-state index in [0.29, 0.717) is 23.4 Å². The van der Waals surface area contributed by atoms with Crippen LogP contribution < -0.4 is 10.6 Å². The Morgan fingerprint density at radius 2 is 1.91 bits per heavy atom. The van der Waals surface area contributed by atoms with Crippen LogP contribution in [0.2, 0.25) is 0 Å². The third kappa shape index (κ3) is 7.06. The normalized spacial score (nSPS) is 13.6. The Hall–Kier alpha value is -3.45. The maximum Gasteiger partial charge on any atom is 0.255 e. The summed E-state index contributed by atoms with van der Waals surface area (Å²) in [4.78, 5) is 25.2. The number of benzene rings is 1. The summed E-state index contributed by atoms with van der Waals surface area (Å²) in [7, 11) is 1.55. The molecule has 0 fully saturated rings. The first-order valence-electron chi connectivity index (χ1n) is 10.7. The van der Waals surface area contributed by atoms with Crippen LogP contribution in [0, 0.1) is 0 Å². The number of allylic oxidation sites excluding steroid dienone is 3. The van der Waals surface area contributed by atoms with Crippen LogP contribution >= 0.6 is 0 Å². The summed E-state index contributed by atoms with van der Waals surface area (Å²) in [5.74, 6) is -0.532. The van der Waals surface area contributed by atoms with E-state index < -0.39 is 0 Å². The first kappa shape index (κ1) is 24.8. The fourth-order valence-electron chi connectivity index (χ4n) is 3.23. The molecule has 1 unspecified atom stereocenters. The maximum atomic E-state index is 13.2. The predicted molar refractivity (Wildman–Crippen MR) is 127 cm³/mol. The Morgan fingerprint density at radius 1 is 1.19 bits per heavy atom. The number of carbonyl (C=O) groups excluding carboxylic acids is 2. The van der Waals surface area contributed by atoms with Gasteiger partial charge in [0.05, 0.1) is 25.0 Å². The highest BCUT2D eigenvalue weighted by atomic mass is 16.3. The molecule has 1 heterocycles. The van der Waals surface area contributed by atoms with Crippen LogP contribution in [0.3, 0.4) is 0 Å². The van der Waals surface area contributed by atoms with Gasteiger partial charge in [0.2, 0.25) is 5.91 Å². The summed E-state index contributed by atoms with van der Waals surface area (Å²) < 4.78 is 1.55. The molecule has 0 saturated heterocycles. The molecular formula is C25H32N4O3. The van der Waals surface area contributed by atoms with Crippen molar-refractivity contribution in [3.63, 3.8) is 0 Å². The summed E-state index contributed by atoms with van der Waals surface area (Å²) in [6.45, 7) is 6.11. The fraction of sp³-hybridized carbons (Fsp3) is 0.320. The van der Waals surface area contributed by atoms with Gasteiger partial charge in [-0.25, -0.2) is 0 Å². The lowest BCUT2D eigenvalue weighted by atomic mass is 9.90. The van der Waals surface area contributed by atoms with Crippen LogP contribution in [0.15, 0.2) is 77.7 Å². The summed E-state index contributed by atoms with van der Waals surface area (Å²) >= 11 is 0. The average molecular weight is 437 g/mol. The largest absolute Gasteiger partial charge is 0.394 e. The number of amides is 2. The van der Waals surface area contributed by atoms with Crippen molar-refractivity contribution >= 4 is 17.5 Å². The lowest BCUT2D eigenvalue weighted by Gasteiger charge is -2.15. The van der Waals surface area contributed by atoms with E-state index in [2.05, 4.69) is 40.9 Å². The molecular weight excluding hydrogens is 404 g/mol. The van der Waals surface area contributed by atoms with Crippen LogP contribution in [0.25, 0.3) is 0 Å². The molecule has 0 bridgehead atoms. The number of hydrogen-bond donors (Lipinski definition) is 3. The van der Waals surface area contributed by atoms with Crippen molar-refractivity contribution in [3.8, 4) is 0 Å². The highest BCUT2D eigenvalue weighted by molar-refractivity contribution is 6.07. The number of carbonyl (C=O) groups is 2. The Bertz CT molecular complexity index is 1000. The van der Waals surface area contributed by atoms with Gasteiger partial charge in [0.15, 0.2) is 0 Å². The average Bonchev–Trinajstić information content (AvgIpc) is 3.24. The quantitative estimate of drug-likeness (QED) is 0.392. The second-order valence-corrected chi connectivity index (χ2v) is 7.42. The molecule has 7 heteroatoms. The van der Waals surface area contributed by atoms with Gasteiger partial charge in [0.1, 0.15) is 0 Å². The van der Waals surface area contributed by atoms with Gasteiger partial charge in [-0.2, -0.15) is 5.10 Å². The standard InChI is InChI=1S/C25H32N4O3/c1-5-9-21(19(3)20-10-7-6-8-11-20)15-22(14-18(2)24(31)26-4)25(32)28-23-16-27-29(17-23)12-13-30/h6-11,14-17,19,30H,5,12-13H2,1-4H3,(H,26,31)(H,28,32)/b18-14+,21-9-,22-15+. The van der Waals surface area contributed by atoms with Crippen LogP contribution in [-0.2, 0) is 16.1 Å². The lowest BCUT2D eigenvalue weighted by molar-refractivity contribution is -0.117. The Balaban J connectivity index is 2.43. The van der Waals surface area contributed by atoms with Gasteiger partial charge >= 0.3 is 0 Å². The van der Waals surface area contributed by atoms with E-state index in [0.717, 1.165) is 17.6 Å². The van der Waals surface area contributed by atoms with E-state index in [-0.39, 0.29) is 24.3 Å². The number of rotatable bonds is 10. The highest BCUT2D eigenvalue weighted by Gasteiger charge is 2.15. The smallest absolute Gasteiger partial charge is 0.255 e. The Labute approximate surface area is 189 Å². The number of hydrogen-bond acceptors (Lipinski definition) is 4. The van der Waals surface area contributed by atoms with Crippen molar-refractivity contribution in [2.75, 3.05) is 19.0 Å². The molecule has 2 amide bonds. The van der Waals surface area contributed by atoms with Crippen molar-refractivity contribution in [3.05, 3.63) is 83.2 Å².